The second kappa shape index (κ2) is 6.70. The van der Waals surface area contributed by atoms with Crippen LogP contribution in [0.2, 0.25) is 0 Å². The number of nitrogens with one attached hydrogen (secondary N) is 1. The van der Waals surface area contributed by atoms with Crippen LogP contribution in [0.5, 0.6) is 0 Å². The Morgan fingerprint density at radius 2 is 2.47 bits per heavy atom. The zero-order chi connectivity index (χ0) is 13.7. The van der Waals surface area contributed by atoms with Crippen molar-refractivity contribution in [3.05, 3.63) is 18.2 Å². The molecule has 1 atom stereocenters. The highest BCUT2D eigenvalue weighted by atomic mass is 16.2. The van der Waals surface area contributed by atoms with Crippen molar-refractivity contribution in [1.29, 1.82) is 0 Å². The first kappa shape index (κ1) is 14.1. The minimum absolute atomic E-state index is 0.216. The van der Waals surface area contributed by atoms with Crippen LogP contribution in [0, 0.1) is 5.92 Å². The number of aromatic nitrogens is 2. The fourth-order valence-electron chi connectivity index (χ4n) is 2.54. The molecule has 1 aromatic rings. The van der Waals surface area contributed by atoms with Crippen LogP contribution in [-0.4, -0.2) is 40.5 Å². The molecule has 5 heteroatoms. The van der Waals surface area contributed by atoms with Crippen LogP contribution in [-0.2, 0) is 18.4 Å². The maximum Gasteiger partial charge on any atom is 0.222 e. The molecule has 1 saturated heterocycles. The zero-order valence-electron chi connectivity index (χ0n) is 11.9. The Morgan fingerprint density at radius 1 is 1.63 bits per heavy atom. The van der Waals surface area contributed by atoms with Gasteiger partial charge < -0.3 is 14.8 Å². The Balaban J connectivity index is 1.74. The smallest absolute Gasteiger partial charge is 0.222 e. The number of piperidine rings is 1. The van der Waals surface area contributed by atoms with Gasteiger partial charge >= 0.3 is 0 Å². The number of imidazole rings is 1. The van der Waals surface area contributed by atoms with E-state index in [0.717, 1.165) is 25.3 Å². The molecule has 1 aliphatic heterocycles. The first-order valence-corrected chi connectivity index (χ1v) is 7.07. The van der Waals surface area contributed by atoms with E-state index < -0.39 is 0 Å². The molecule has 0 aromatic carbocycles. The standard InChI is InChI=1S/C14H24N4O/c1-17-9-8-16-13(17)11-18(2)14(19)6-5-12-4-3-7-15-10-12/h8-9,12,15H,3-7,10-11H2,1-2H3. The number of carbonyl (C=O) groups is 1. The molecule has 5 nitrogen and oxygen atoms in total. The Labute approximate surface area is 115 Å². The number of carbonyl (C=O) groups excluding carboxylic acids is 1. The van der Waals surface area contributed by atoms with Crippen molar-refractivity contribution in [2.24, 2.45) is 13.0 Å². The first-order valence-electron chi connectivity index (χ1n) is 7.07. The second-order valence-electron chi connectivity index (χ2n) is 5.46. The van der Waals surface area contributed by atoms with Gasteiger partial charge in [-0.1, -0.05) is 0 Å². The van der Waals surface area contributed by atoms with E-state index in [4.69, 9.17) is 0 Å². The summed E-state index contributed by atoms with van der Waals surface area (Å²) in [6, 6.07) is 0. The minimum atomic E-state index is 0.216. The van der Waals surface area contributed by atoms with Crippen LogP contribution >= 0.6 is 0 Å². The average molecular weight is 264 g/mol. The van der Waals surface area contributed by atoms with Gasteiger partial charge in [0.2, 0.25) is 5.91 Å². The molecule has 106 valence electrons. The summed E-state index contributed by atoms with van der Waals surface area (Å²) in [5.41, 5.74) is 0. The number of hydrogen-bond donors (Lipinski definition) is 1. The van der Waals surface area contributed by atoms with E-state index in [0.29, 0.717) is 18.9 Å². The van der Waals surface area contributed by atoms with Crippen LogP contribution in [0.25, 0.3) is 0 Å². The molecule has 1 aromatic heterocycles. The monoisotopic (exact) mass is 264 g/mol. The third-order valence-electron chi connectivity index (χ3n) is 3.89. The molecule has 1 fully saturated rings. The largest absolute Gasteiger partial charge is 0.338 e. The van der Waals surface area contributed by atoms with Gasteiger partial charge in [0.1, 0.15) is 5.82 Å². The molecule has 19 heavy (non-hydrogen) atoms. The fourth-order valence-corrected chi connectivity index (χ4v) is 2.54. The summed E-state index contributed by atoms with van der Waals surface area (Å²) in [5.74, 6) is 1.81. The van der Waals surface area contributed by atoms with Gasteiger partial charge in [-0.2, -0.15) is 0 Å². The van der Waals surface area contributed by atoms with E-state index in [9.17, 15) is 4.79 Å². The van der Waals surface area contributed by atoms with Gasteiger partial charge in [0, 0.05) is 32.9 Å². The number of aryl methyl sites for hydroxylation is 1. The number of rotatable bonds is 5. The molecule has 1 aliphatic rings. The van der Waals surface area contributed by atoms with E-state index >= 15 is 0 Å². The molecule has 0 saturated carbocycles. The maximum absolute atomic E-state index is 12.1. The van der Waals surface area contributed by atoms with Gasteiger partial charge in [-0.15, -0.1) is 0 Å². The third kappa shape index (κ3) is 4.06. The van der Waals surface area contributed by atoms with Gasteiger partial charge in [-0.25, -0.2) is 4.98 Å². The van der Waals surface area contributed by atoms with Gasteiger partial charge in [-0.05, 0) is 38.3 Å². The summed E-state index contributed by atoms with van der Waals surface area (Å²) >= 11 is 0. The lowest BCUT2D eigenvalue weighted by Crippen LogP contribution is -2.32. The summed E-state index contributed by atoms with van der Waals surface area (Å²) < 4.78 is 1.95. The van der Waals surface area contributed by atoms with Crippen molar-refractivity contribution in [1.82, 2.24) is 19.8 Å². The van der Waals surface area contributed by atoms with Crippen LogP contribution in [0.3, 0.4) is 0 Å². The lowest BCUT2D eigenvalue weighted by atomic mass is 9.94. The first-order chi connectivity index (χ1) is 9.16. The van der Waals surface area contributed by atoms with Gasteiger partial charge in [-0.3, -0.25) is 4.79 Å². The summed E-state index contributed by atoms with van der Waals surface area (Å²) in [6.07, 6.45) is 7.80. The SMILES string of the molecule is CN(Cc1nccn1C)C(=O)CCC1CCCNC1. The highest BCUT2D eigenvalue weighted by molar-refractivity contribution is 5.75. The van der Waals surface area contributed by atoms with Crippen LogP contribution in [0.4, 0.5) is 0 Å². The lowest BCUT2D eigenvalue weighted by molar-refractivity contribution is -0.130. The second-order valence-corrected chi connectivity index (χ2v) is 5.46. The average Bonchev–Trinajstić information content (AvgIpc) is 2.82. The van der Waals surface area contributed by atoms with Crippen LogP contribution in [0.15, 0.2) is 12.4 Å². The molecule has 0 aliphatic carbocycles. The number of nitrogens with zero attached hydrogens (tertiary/aromatic N) is 3. The summed E-state index contributed by atoms with van der Waals surface area (Å²) in [4.78, 5) is 18.1. The van der Waals surface area contributed by atoms with E-state index in [-0.39, 0.29) is 5.91 Å². The van der Waals surface area contributed by atoms with Crippen LogP contribution in [0.1, 0.15) is 31.5 Å². The Morgan fingerprint density at radius 3 is 3.11 bits per heavy atom. The molecule has 0 bridgehead atoms. The van der Waals surface area contributed by atoms with E-state index in [1.54, 1.807) is 11.1 Å². The molecule has 2 heterocycles. The number of hydrogen-bond acceptors (Lipinski definition) is 3. The highest BCUT2D eigenvalue weighted by Gasteiger charge is 2.17. The highest BCUT2D eigenvalue weighted by Crippen LogP contribution is 2.16. The predicted molar refractivity (Wildman–Crippen MR) is 74.5 cm³/mol. The lowest BCUT2D eigenvalue weighted by Gasteiger charge is -2.23. The Kier molecular flexibility index (Phi) is 4.96. The minimum Gasteiger partial charge on any atom is -0.338 e. The molecule has 1 unspecified atom stereocenters. The van der Waals surface area contributed by atoms with Crippen molar-refractivity contribution >= 4 is 5.91 Å². The summed E-state index contributed by atoms with van der Waals surface area (Å²) in [5, 5.41) is 3.39. The van der Waals surface area contributed by atoms with Crippen molar-refractivity contribution in [2.45, 2.75) is 32.2 Å². The van der Waals surface area contributed by atoms with Crippen molar-refractivity contribution < 1.29 is 4.79 Å². The quantitative estimate of drug-likeness (QED) is 0.868. The molecule has 1 amide bonds. The molecular weight excluding hydrogens is 240 g/mol. The third-order valence-corrected chi connectivity index (χ3v) is 3.89. The van der Waals surface area contributed by atoms with Gasteiger partial charge in [0.05, 0.1) is 6.54 Å². The van der Waals surface area contributed by atoms with Crippen LogP contribution < -0.4 is 5.32 Å². The maximum atomic E-state index is 12.1. The van der Waals surface area contributed by atoms with Crippen molar-refractivity contribution in [2.75, 3.05) is 20.1 Å². The summed E-state index contributed by atoms with van der Waals surface area (Å²) in [7, 11) is 3.81. The normalized spacial score (nSPS) is 19.4. The molecule has 0 radical (unpaired) electrons. The van der Waals surface area contributed by atoms with Crippen molar-refractivity contribution in [3.63, 3.8) is 0 Å². The molecular formula is C14H24N4O. The van der Waals surface area contributed by atoms with Crippen molar-refractivity contribution in [3.8, 4) is 0 Å². The van der Waals surface area contributed by atoms with Gasteiger partial charge in [0.25, 0.3) is 0 Å². The molecule has 0 spiro atoms. The van der Waals surface area contributed by atoms with Gasteiger partial charge in [0.15, 0.2) is 0 Å². The topological polar surface area (TPSA) is 50.2 Å². The van der Waals surface area contributed by atoms with E-state index in [2.05, 4.69) is 10.3 Å². The fraction of sp³-hybridized carbons (Fsp3) is 0.714. The Hall–Kier alpha value is -1.36. The molecule has 2 rings (SSSR count). The number of amides is 1. The van der Waals surface area contributed by atoms with E-state index in [1.807, 2.05) is 24.9 Å². The van der Waals surface area contributed by atoms with E-state index in [1.165, 1.54) is 12.8 Å². The zero-order valence-corrected chi connectivity index (χ0v) is 11.9. The Bertz CT molecular complexity index is 409. The predicted octanol–water partition coefficient (Wildman–Crippen LogP) is 1.16. The summed E-state index contributed by atoms with van der Waals surface area (Å²) in [6.45, 7) is 2.78. The molecule has 1 N–H and O–H groups in total.